The van der Waals surface area contributed by atoms with E-state index in [1.165, 1.54) is 24.0 Å². The van der Waals surface area contributed by atoms with Crippen LogP contribution in [0, 0.1) is 13.8 Å². The molecule has 0 aliphatic carbocycles. The van der Waals surface area contributed by atoms with Crippen LogP contribution in [0.5, 0.6) is 0 Å². The highest BCUT2D eigenvalue weighted by atomic mass is 16.5. The second kappa shape index (κ2) is 7.03. The first-order valence-electron chi connectivity index (χ1n) is 11.1. The van der Waals surface area contributed by atoms with E-state index < -0.39 is 0 Å². The standard InChI is InChI=1S/C23H28N6O/c1-14-7-17-11-25-29(21(17)9-20(14)16-3-5-24-6-4-16)23-10-22(26-15(2)27-23)28-12-19-8-18(28)13-30-19/h7,9-11,16,18-19,24H,3-6,8,12-13H2,1-2H3/t18-,19-/m0/s1. The van der Waals surface area contributed by atoms with E-state index in [4.69, 9.17) is 19.8 Å². The minimum Gasteiger partial charge on any atom is -0.374 e. The van der Waals surface area contributed by atoms with E-state index in [-0.39, 0.29) is 0 Å². The first-order chi connectivity index (χ1) is 14.7. The van der Waals surface area contributed by atoms with E-state index in [9.17, 15) is 0 Å². The number of morpholine rings is 1. The minimum absolute atomic E-state index is 0.342. The maximum Gasteiger partial charge on any atom is 0.159 e. The second-order valence-corrected chi connectivity index (χ2v) is 8.98. The number of aromatic nitrogens is 4. The highest BCUT2D eigenvalue weighted by Gasteiger charge is 2.39. The molecule has 1 aromatic carbocycles. The lowest BCUT2D eigenvalue weighted by molar-refractivity contribution is 0.0988. The molecule has 156 valence electrons. The lowest BCUT2D eigenvalue weighted by Crippen LogP contribution is -2.37. The van der Waals surface area contributed by atoms with Crippen molar-refractivity contribution in [1.29, 1.82) is 0 Å². The molecule has 2 bridgehead atoms. The first-order valence-corrected chi connectivity index (χ1v) is 11.1. The summed E-state index contributed by atoms with van der Waals surface area (Å²) >= 11 is 0. The highest BCUT2D eigenvalue weighted by Crippen LogP contribution is 2.34. The molecule has 5 heterocycles. The molecule has 3 saturated heterocycles. The van der Waals surface area contributed by atoms with Gasteiger partial charge in [-0.15, -0.1) is 0 Å². The SMILES string of the molecule is Cc1nc(N2C[C@@H]3C[C@H]2CO3)cc(-n2ncc3cc(C)c(C4CCNCC4)cc32)n1. The van der Waals surface area contributed by atoms with Gasteiger partial charge in [0.05, 0.1) is 30.5 Å². The topological polar surface area (TPSA) is 68.1 Å². The van der Waals surface area contributed by atoms with Crippen LogP contribution in [-0.4, -0.2) is 58.1 Å². The Morgan fingerprint density at radius 3 is 2.67 bits per heavy atom. The van der Waals surface area contributed by atoms with E-state index in [1.807, 2.05) is 17.8 Å². The molecule has 3 aliphatic rings. The summed E-state index contributed by atoms with van der Waals surface area (Å²) in [5.41, 5.74) is 3.94. The second-order valence-electron chi connectivity index (χ2n) is 8.98. The molecule has 2 atom stereocenters. The Bertz CT molecular complexity index is 1100. The van der Waals surface area contributed by atoms with Crippen LogP contribution in [0.3, 0.4) is 0 Å². The van der Waals surface area contributed by atoms with Gasteiger partial charge >= 0.3 is 0 Å². The molecule has 0 radical (unpaired) electrons. The maximum absolute atomic E-state index is 5.77. The Kier molecular flexibility index (Phi) is 4.28. The zero-order valence-electron chi connectivity index (χ0n) is 17.6. The van der Waals surface area contributed by atoms with Gasteiger partial charge in [0.2, 0.25) is 0 Å². The number of rotatable bonds is 3. The Hall–Kier alpha value is -2.51. The van der Waals surface area contributed by atoms with Crippen LogP contribution < -0.4 is 10.2 Å². The highest BCUT2D eigenvalue weighted by molar-refractivity contribution is 5.82. The van der Waals surface area contributed by atoms with Crippen molar-refractivity contribution in [3.8, 4) is 5.82 Å². The third-order valence-corrected chi connectivity index (χ3v) is 6.96. The molecule has 2 aromatic heterocycles. The van der Waals surface area contributed by atoms with Crippen molar-refractivity contribution < 1.29 is 4.74 Å². The molecule has 7 nitrogen and oxygen atoms in total. The van der Waals surface area contributed by atoms with Crippen molar-refractivity contribution >= 4 is 16.7 Å². The summed E-state index contributed by atoms with van der Waals surface area (Å²) in [5, 5.41) is 9.36. The lowest BCUT2D eigenvalue weighted by atomic mass is 9.87. The number of aryl methyl sites for hydroxylation is 2. The number of hydrogen-bond acceptors (Lipinski definition) is 6. The molecule has 6 rings (SSSR count). The van der Waals surface area contributed by atoms with E-state index in [0.717, 1.165) is 61.0 Å². The molecule has 0 unspecified atom stereocenters. The molecule has 0 amide bonds. The zero-order chi connectivity index (χ0) is 20.2. The van der Waals surface area contributed by atoms with Gasteiger partial charge in [-0.05, 0) is 75.4 Å². The van der Waals surface area contributed by atoms with E-state index in [1.54, 1.807) is 0 Å². The molecule has 1 N–H and O–H groups in total. The minimum atomic E-state index is 0.342. The van der Waals surface area contributed by atoms with Gasteiger partial charge in [0.15, 0.2) is 5.82 Å². The first kappa shape index (κ1) is 18.3. The van der Waals surface area contributed by atoms with Crippen molar-refractivity contribution in [2.45, 2.75) is 51.2 Å². The van der Waals surface area contributed by atoms with Gasteiger partial charge in [-0.2, -0.15) is 5.10 Å². The van der Waals surface area contributed by atoms with Crippen LogP contribution in [-0.2, 0) is 4.74 Å². The summed E-state index contributed by atoms with van der Waals surface area (Å²) in [4.78, 5) is 11.9. The summed E-state index contributed by atoms with van der Waals surface area (Å²) in [5.74, 6) is 3.22. The number of hydrogen-bond donors (Lipinski definition) is 1. The predicted molar refractivity (Wildman–Crippen MR) is 116 cm³/mol. The van der Waals surface area contributed by atoms with Crippen molar-refractivity contribution in [3.05, 3.63) is 41.3 Å². The van der Waals surface area contributed by atoms with Crippen molar-refractivity contribution in [2.24, 2.45) is 0 Å². The predicted octanol–water partition coefficient (Wildman–Crippen LogP) is 2.88. The van der Waals surface area contributed by atoms with Gasteiger partial charge in [0.25, 0.3) is 0 Å². The molecule has 3 aliphatic heterocycles. The van der Waals surface area contributed by atoms with Crippen molar-refractivity contribution in [2.75, 3.05) is 31.1 Å². The summed E-state index contributed by atoms with van der Waals surface area (Å²) in [6, 6.07) is 7.14. The smallest absolute Gasteiger partial charge is 0.159 e. The number of anilines is 1. The fourth-order valence-electron chi connectivity index (χ4n) is 5.43. The largest absolute Gasteiger partial charge is 0.374 e. The molecular formula is C23H28N6O. The van der Waals surface area contributed by atoms with E-state index in [2.05, 4.69) is 35.3 Å². The van der Waals surface area contributed by atoms with Crippen LogP contribution >= 0.6 is 0 Å². The number of benzene rings is 1. The molecule has 0 saturated carbocycles. The molecule has 0 spiro atoms. The fourth-order valence-corrected chi connectivity index (χ4v) is 5.43. The van der Waals surface area contributed by atoms with Crippen LogP contribution in [0.15, 0.2) is 24.4 Å². The average molecular weight is 405 g/mol. The van der Waals surface area contributed by atoms with Gasteiger partial charge in [-0.1, -0.05) is 0 Å². The summed E-state index contributed by atoms with van der Waals surface area (Å²) in [6.07, 6.45) is 5.78. The third kappa shape index (κ3) is 2.99. The lowest BCUT2D eigenvalue weighted by Gasteiger charge is -2.28. The molecule has 3 fully saturated rings. The molecule has 7 heteroatoms. The van der Waals surface area contributed by atoms with Gasteiger partial charge in [-0.3, -0.25) is 0 Å². The van der Waals surface area contributed by atoms with Crippen molar-refractivity contribution in [3.63, 3.8) is 0 Å². The van der Waals surface area contributed by atoms with E-state index in [0.29, 0.717) is 18.1 Å². The quantitative estimate of drug-likeness (QED) is 0.724. The zero-order valence-corrected chi connectivity index (χ0v) is 17.6. The Labute approximate surface area is 176 Å². The van der Waals surface area contributed by atoms with Gasteiger partial charge in [0, 0.05) is 18.0 Å². The molecular weight excluding hydrogens is 376 g/mol. The molecule has 30 heavy (non-hydrogen) atoms. The number of fused-ring (bicyclic) bond motifs is 3. The summed E-state index contributed by atoms with van der Waals surface area (Å²) < 4.78 is 7.76. The van der Waals surface area contributed by atoms with Crippen LogP contribution in [0.1, 0.15) is 42.1 Å². The summed E-state index contributed by atoms with van der Waals surface area (Å²) in [6.45, 7) is 8.10. The fraction of sp³-hybridized carbons (Fsp3) is 0.522. The number of ether oxygens (including phenoxy) is 1. The Morgan fingerprint density at radius 1 is 1.07 bits per heavy atom. The monoisotopic (exact) mass is 404 g/mol. The van der Waals surface area contributed by atoms with Gasteiger partial charge in [0.1, 0.15) is 11.6 Å². The van der Waals surface area contributed by atoms with Crippen LogP contribution in [0.25, 0.3) is 16.7 Å². The maximum atomic E-state index is 5.77. The van der Waals surface area contributed by atoms with Crippen LogP contribution in [0.2, 0.25) is 0 Å². The third-order valence-electron chi connectivity index (χ3n) is 6.96. The normalized spacial score (nSPS) is 24.3. The Morgan fingerprint density at radius 2 is 1.90 bits per heavy atom. The van der Waals surface area contributed by atoms with E-state index >= 15 is 0 Å². The average Bonchev–Trinajstić information content (AvgIpc) is 3.49. The van der Waals surface area contributed by atoms with Gasteiger partial charge < -0.3 is 15.0 Å². The number of nitrogens with one attached hydrogen (secondary N) is 1. The van der Waals surface area contributed by atoms with Crippen LogP contribution in [0.4, 0.5) is 5.82 Å². The van der Waals surface area contributed by atoms with Gasteiger partial charge in [-0.25, -0.2) is 14.6 Å². The number of piperidine rings is 1. The number of nitrogens with zero attached hydrogens (tertiary/aromatic N) is 5. The Balaban J connectivity index is 1.42. The van der Waals surface area contributed by atoms with Crippen molar-refractivity contribution in [1.82, 2.24) is 25.1 Å². The summed E-state index contributed by atoms with van der Waals surface area (Å²) in [7, 11) is 0. The molecule has 3 aromatic rings.